The van der Waals surface area contributed by atoms with Gasteiger partial charge >= 0.3 is 0 Å². The summed E-state index contributed by atoms with van der Waals surface area (Å²) in [6, 6.07) is 12.2. The minimum atomic E-state index is 0.497. The SMILES string of the molecule is Cc1cc(Cl)ccc1C=[N+]([O-])c1cccc(Cl)c1. The van der Waals surface area contributed by atoms with Gasteiger partial charge in [-0.25, -0.2) is 0 Å². The number of rotatable bonds is 2. The second-order valence-electron chi connectivity index (χ2n) is 3.94. The van der Waals surface area contributed by atoms with Crippen LogP contribution in [0, 0.1) is 12.1 Å². The third-order valence-electron chi connectivity index (χ3n) is 2.55. The molecule has 0 aliphatic rings. The molecule has 18 heavy (non-hydrogen) atoms. The standard InChI is InChI=1S/C14H11Cl2NO/c1-10-7-13(16)6-5-11(10)9-17(18)14-4-2-3-12(15)8-14/h2-9H,1H3. The molecule has 0 bridgehead atoms. The molecule has 0 spiro atoms. The molecule has 0 unspecified atom stereocenters. The number of hydrogen-bond donors (Lipinski definition) is 0. The van der Waals surface area contributed by atoms with Gasteiger partial charge in [0.1, 0.15) is 0 Å². The highest BCUT2D eigenvalue weighted by Gasteiger charge is 2.04. The number of benzene rings is 2. The summed E-state index contributed by atoms with van der Waals surface area (Å²) in [5.41, 5.74) is 2.27. The van der Waals surface area contributed by atoms with Crippen molar-refractivity contribution < 1.29 is 4.74 Å². The molecule has 2 nitrogen and oxygen atoms in total. The van der Waals surface area contributed by atoms with Crippen LogP contribution in [0.15, 0.2) is 42.5 Å². The van der Waals surface area contributed by atoms with Crippen LogP contribution in [0.1, 0.15) is 11.1 Å². The Hall–Kier alpha value is -1.51. The van der Waals surface area contributed by atoms with Gasteiger partial charge in [0, 0.05) is 27.7 Å². The molecule has 0 radical (unpaired) electrons. The summed E-state index contributed by atoms with van der Waals surface area (Å²) >= 11 is 11.7. The molecular formula is C14H11Cl2NO. The molecule has 0 heterocycles. The fourth-order valence-electron chi connectivity index (χ4n) is 1.60. The van der Waals surface area contributed by atoms with E-state index in [4.69, 9.17) is 23.2 Å². The van der Waals surface area contributed by atoms with E-state index in [1.54, 1.807) is 30.3 Å². The highest BCUT2D eigenvalue weighted by molar-refractivity contribution is 6.31. The summed E-state index contributed by atoms with van der Waals surface area (Å²) < 4.78 is 0.794. The first kappa shape index (κ1) is 12.9. The van der Waals surface area contributed by atoms with Gasteiger partial charge in [-0.3, -0.25) is 0 Å². The van der Waals surface area contributed by atoms with Crippen LogP contribution in [0.4, 0.5) is 5.69 Å². The highest BCUT2D eigenvalue weighted by atomic mass is 35.5. The number of halogens is 2. The average Bonchev–Trinajstić information content (AvgIpc) is 2.32. The topological polar surface area (TPSA) is 26.1 Å². The van der Waals surface area contributed by atoms with Gasteiger partial charge in [-0.15, -0.1) is 0 Å². The Morgan fingerprint density at radius 2 is 1.78 bits per heavy atom. The van der Waals surface area contributed by atoms with E-state index in [0.717, 1.165) is 15.9 Å². The average molecular weight is 280 g/mol. The summed E-state index contributed by atoms with van der Waals surface area (Å²) in [5, 5.41) is 13.2. The fourth-order valence-corrected chi connectivity index (χ4v) is 2.01. The van der Waals surface area contributed by atoms with E-state index >= 15 is 0 Å². The van der Waals surface area contributed by atoms with Gasteiger partial charge in [-0.05, 0) is 36.8 Å². The van der Waals surface area contributed by atoms with Crippen molar-refractivity contribution in [1.29, 1.82) is 0 Å². The van der Waals surface area contributed by atoms with Crippen LogP contribution in [0.5, 0.6) is 0 Å². The second-order valence-corrected chi connectivity index (χ2v) is 4.81. The third-order valence-corrected chi connectivity index (χ3v) is 3.02. The molecule has 2 aromatic rings. The predicted molar refractivity (Wildman–Crippen MR) is 76.1 cm³/mol. The van der Waals surface area contributed by atoms with Gasteiger partial charge in [0.15, 0.2) is 6.21 Å². The van der Waals surface area contributed by atoms with E-state index in [0.29, 0.717) is 15.7 Å². The second kappa shape index (κ2) is 5.42. The van der Waals surface area contributed by atoms with Crippen molar-refractivity contribution in [3.63, 3.8) is 0 Å². The molecule has 0 saturated carbocycles. The molecule has 0 amide bonds. The van der Waals surface area contributed by atoms with Crippen molar-refractivity contribution in [2.24, 2.45) is 0 Å². The lowest BCUT2D eigenvalue weighted by Gasteiger charge is -2.05. The van der Waals surface area contributed by atoms with Crippen LogP contribution >= 0.6 is 23.2 Å². The molecule has 0 saturated heterocycles. The minimum absolute atomic E-state index is 0.497. The molecule has 2 aromatic carbocycles. The van der Waals surface area contributed by atoms with Crippen LogP contribution in [0.3, 0.4) is 0 Å². The monoisotopic (exact) mass is 279 g/mol. The molecule has 4 heteroatoms. The Labute approximate surface area is 116 Å². The summed E-state index contributed by atoms with van der Waals surface area (Å²) in [5.74, 6) is 0. The number of nitrogens with zero attached hydrogens (tertiary/aromatic N) is 1. The Morgan fingerprint density at radius 1 is 1.06 bits per heavy atom. The van der Waals surface area contributed by atoms with Gasteiger partial charge in [0.25, 0.3) is 0 Å². The van der Waals surface area contributed by atoms with Crippen LogP contribution < -0.4 is 0 Å². The zero-order valence-corrected chi connectivity index (χ0v) is 11.2. The van der Waals surface area contributed by atoms with Crippen molar-refractivity contribution in [2.45, 2.75) is 6.92 Å². The summed E-state index contributed by atoms with van der Waals surface area (Å²) in [6.45, 7) is 1.91. The Morgan fingerprint density at radius 3 is 2.44 bits per heavy atom. The zero-order valence-electron chi connectivity index (χ0n) is 9.73. The molecule has 0 aromatic heterocycles. The summed E-state index contributed by atoms with van der Waals surface area (Å²) in [7, 11) is 0. The van der Waals surface area contributed by atoms with Crippen LogP contribution in [-0.4, -0.2) is 11.0 Å². The van der Waals surface area contributed by atoms with Crippen LogP contribution in [-0.2, 0) is 0 Å². The maximum atomic E-state index is 12.0. The van der Waals surface area contributed by atoms with Crippen LogP contribution in [0.25, 0.3) is 0 Å². The van der Waals surface area contributed by atoms with Gasteiger partial charge in [-0.2, -0.15) is 4.74 Å². The number of aryl methyl sites for hydroxylation is 1. The smallest absolute Gasteiger partial charge is 0.217 e. The summed E-state index contributed by atoms with van der Waals surface area (Å²) in [6.07, 6.45) is 1.51. The van der Waals surface area contributed by atoms with Crippen molar-refractivity contribution in [2.75, 3.05) is 0 Å². The van der Waals surface area contributed by atoms with Crippen molar-refractivity contribution in [3.8, 4) is 0 Å². The van der Waals surface area contributed by atoms with Crippen LogP contribution in [0.2, 0.25) is 10.0 Å². The first-order valence-electron chi connectivity index (χ1n) is 5.39. The third kappa shape index (κ3) is 3.03. The Kier molecular flexibility index (Phi) is 3.90. The normalized spacial score (nSPS) is 11.6. The van der Waals surface area contributed by atoms with Gasteiger partial charge in [0.2, 0.25) is 5.69 Å². The Bertz CT molecular complexity index is 608. The lowest BCUT2D eigenvalue weighted by molar-refractivity contribution is -0.354. The van der Waals surface area contributed by atoms with Gasteiger partial charge in [0.05, 0.1) is 0 Å². The maximum absolute atomic E-state index is 12.0. The Balaban J connectivity index is 2.38. The molecule has 0 aliphatic heterocycles. The minimum Gasteiger partial charge on any atom is -0.618 e. The molecular weight excluding hydrogens is 269 g/mol. The lowest BCUT2D eigenvalue weighted by Crippen LogP contribution is -2.00. The lowest BCUT2D eigenvalue weighted by atomic mass is 10.1. The van der Waals surface area contributed by atoms with E-state index in [-0.39, 0.29) is 0 Å². The predicted octanol–water partition coefficient (Wildman–Crippen LogP) is 4.56. The van der Waals surface area contributed by atoms with E-state index < -0.39 is 0 Å². The number of hydrogen-bond acceptors (Lipinski definition) is 1. The first-order valence-corrected chi connectivity index (χ1v) is 6.15. The molecule has 2 rings (SSSR count). The highest BCUT2D eigenvalue weighted by Crippen LogP contribution is 2.18. The molecule has 92 valence electrons. The first-order chi connectivity index (χ1) is 8.56. The zero-order chi connectivity index (χ0) is 13.1. The molecule has 0 fully saturated rings. The van der Waals surface area contributed by atoms with E-state index in [9.17, 15) is 5.21 Å². The van der Waals surface area contributed by atoms with Crippen molar-refractivity contribution in [3.05, 3.63) is 68.8 Å². The maximum Gasteiger partial charge on any atom is 0.217 e. The summed E-state index contributed by atoms with van der Waals surface area (Å²) in [4.78, 5) is 0. The fraction of sp³-hybridized carbons (Fsp3) is 0.0714. The van der Waals surface area contributed by atoms with E-state index in [1.165, 1.54) is 6.21 Å². The molecule has 0 atom stereocenters. The molecule has 0 N–H and O–H groups in total. The van der Waals surface area contributed by atoms with Crippen molar-refractivity contribution in [1.82, 2.24) is 0 Å². The van der Waals surface area contributed by atoms with E-state index in [1.807, 2.05) is 19.1 Å². The van der Waals surface area contributed by atoms with E-state index in [2.05, 4.69) is 0 Å². The van der Waals surface area contributed by atoms with Gasteiger partial charge < -0.3 is 5.21 Å². The molecule has 0 aliphatic carbocycles. The van der Waals surface area contributed by atoms with Crippen molar-refractivity contribution >= 4 is 35.1 Å². The largest absolute Gasteiger partial charge is 0.618 e. The van der Waals surface area contributed by atoms with Gasteiger partial charge in [-0.1, -0.05) is 29.3 Å². The quantitative estimate of drug-likeness (QED) is 0.342.